The highest BCUT2D eigenvalue weighted by molar-refractivity contribution is 6.00. The van der Waals surface area contributed by atoms with Crippen LogP contribution >= 0.6 is 0 Å². The topological polar surface area (TPSA) is 59.8 Å². The van der Waals surface area contributed by atoms with Crippen LogP contribution in [0.5, 0.6) is 11.5 Å². The van der Waals surface area contributed by atoms with Gasteiger partial charge in [0.2, 0.25) is 0 Å². The summed E-state index contributed by atoms with van der Waals surface area (Å²) in [5.74, 6) is 1.54. The number of rotatable bonds is 6. The minimum absolute atomic E-state index is 0.0182. The highest BCUT2D eigenvalue weighted by Crippen LogP contribution is 2.29. The smallest absolute Gasteiger partial charge is 0.257 e. The van der Waals surface area contributed by atoms with E-state index >= 15 is 0 Å². The molecule has 0 saturated carbocycles. The van der Waals surface area contributed by atoms with Crippen LogP contribution in [0, 0.1) is 0 Å². The molecule has 0 N–H and O–H groups in total. The number of piperazine rings is 1. The summed E-state index contributed by atoms with van der Waals surface area (Å²) < 4.78 is 12.5. The zero-order valence-corrected chi connectivity index (χ0v) is 19.9. The molecule has 0 aliphatic carbocycles. The maximum atomic E-state index is 13.7. The second kappa shape index (κ2) is 9.93. The zero-order chi connectivity index (χ0) is 24.2. The van der Waals surface area contributed by atoms with Crippen LogP contribution in [0.2, 0.25) is 0 Å². The molecule has 2 heterocycles. The predicted molar refractivity (Wildman–Crippen MR) is 137 cm³/mol. The quantitative estimate of drug-likeness (QED) is 0.417. The van der Waals surface area contributed by atoms with E-state index in [2.05, 4.69) is 11.0 Å². The Morgan fingerprint density at radius 2 is 1.43 bits per heavy atom. The number of ether oxygens (including phenoxy) is 2. The number of anilines is 1. The number of hydrogen-bond donors (Lipinski definition) is 0. The van der Waals surface area contributed by atoms with Crippen LogP contribution in [0.15, 0.2) is 85.1 Å². The third kappa shape index (κ3) is 4.71. The molecule has 35 heavy (non-hydrogen) atoms. The van der Waals surface area contributed by atoms with E-state index in [1.54, 1.807) is 18.9 Å². The molecule has 3 aromatic carbocycles. The molecule has 1 aliphatic rings. The number of carbonyl (C=O) groups excluding carboxylic acids is 1. The van der Waals surface area contributed by atoms with Crippen molar-refractivity contribution in [3.8, 4) is 28.4 Å². The van der Waals surface area contributed by atoms with Crippen LogP contribution in [0.3, 0.4) is 0 Å². The third-order valence-corrected chi connectivity index (χ3v) is 6.29. The van der Waals surface area contributed by atoms with Crippen molar-refractivity contribution in [2.75, 3.05) is 45.3 Å². The van der Waals surface area contributed by atoms with Crippen molar-refractivity contribution in [3.05, 3.63) is 90.6 Å². The minimum Gasteiger partial charge on any atom is -0.497 e. The summed E-state index contributed by atoms with van der Waals surface area (Å²) in [6.07, 6.45) is 1.83. The van der Waals surface area contributed by atoms with E-state index < -0.39 is 0 Å². The normalized spacial score (nSPS) is 13.5. The summed E-state index contributed by atoms with van der Waals surface area (Å²) in [4.78, 5) is 17.9. The lowest BCUT2D eigenvalue weighted by atomic mass is 10.1. The fourth-order valence-electron chi connectivity index (χ4n) is 4.37. The van der Waals surface area contributed by atoms with Crippen molar-refractivity contribution in [2.24, 2.45) is 0 Å². The van der Waals surface area contributed by atoms with Gasteiger partial charge in [0.1, 0.15) is 17.2 Å². The lowest BCUT2D eigenvalue weighted by molar-refractivity contribution is 0.0747. The van der Waals surface area contributed by atoms with Crippen LogP contribution in [0.4, 0.5) is 5.69 Å². The summed E-state index contributed by atoms with van der Waals surface area (Å²) >= 11 is 0. The fourth-order valence-corrected chi connectivity index (χ4v) is 4.37. The molecule has 0 atom stereocenters. The fraction of sp³-hybridized carbons (Fsp3) is 0.214. The lowest BCUT2D eigenvalue weighted by Crippen LogP contribution is -2.48. The van der Waals surface area contributed by atoms with Gasteiger partial charge >= 0.3 is 0 Å². The van der Waals surface area contributed by atoms with Crippen molar-refractivity contribution in [1.82, 2.24) is 14.7 Å². The Morgan fingerprint density at radius 1 is 0.771 bits per heavy atom. The van der Waals surface area contributed by atoms with E-state index in [1.807, 2.05) is 83.9 Å². The van der Waals surface area contributed by atoms with Crippen molar-refractivity contribution < 1.29 is 14.3 Å². The van der Waals surface area contributed by atoms with Gasteiger partial charge in [0.25, 0.3) is 5.91 Å². The molecule has 178 valence electrons. The van der Waals surface area contributed by atoms with E-state index in [0.717, 1.165) is 41.5 Å². The molecular formula is C28H28N4O3. The number of benzene rings is 3. The second-order valence-corrected chi connectivity index (χ2v) is 8.38. The Bertz CT molecular complexity index is 1310. The monoisotopic (exact) mass is 468 g/mol. The molecule has 1 fully saturated rings. The maximum Gasteiger partial charge on any atom is 0.257 e. The molecule has 0 spiro atoms. The molecular weight excluding hydrogens is 440 g/mol. The van der Waals surface area contributed by atoms with E-state index in [9.17, 15) is 4.79 Å². The number of hydrogen-bond acceptors (Lipinski definition) is 5. The molecule has 0 radical (unpaired) electrons. The first-order chi connectivity index (χ1) is 17.2. The SMILES string of the molecule is COc1cccc(-c2nn(-c3ccccc3)cc2C(=O)N2CCN(c3cccc(OC)c3)CC2)c1. The van der Waals surface area contributed by atoms with E-state index in [-0.39, 0.29) is 5.91 Å². The van der Waals surface area contributed by atoms with Gasteiger partial charge < -0.3 is 19.3 Å². The van der Waals surface area contributed by atoms with Crippen molar-refractivity contribution in [3.63, 3.8) is 0 Å². The first kappa shape index (κ1) is 22.5. The summed E-state index contributed by atoms with van der Waals surface area (Å²) in [7, 11) is 3.31. The average molecular weight is 469 g/mol. The first-order valence-electron chi connectivity index (χ1n) is 11.6. The average Bonchev–Trinajstić information content (AvgIpc) is 3.39. The number of para-hydroxylation sites is 1. The van der Waals surface area contributed by atoms with Crippen LogP contribution in [0.25, 0.3) is 16.9 Å². The minimum atomic E-state index is -0.0182. The molecule has 5 rings (SSSR count). The Labute approximate surface area is 205 Å². The number of nitrogens with zero attached hydrogens (tertiary/aromatic N) is 4. The number of amides is 1. The highest BCUT2D eigenvalue weighted by Gasteiger charge is 2.27. The van der Waals surface area contributed by atoms with E-state index in [4.69, 9.17) is 14.6 Å². The Hall–Kier alpha value is -4.26. The largest absolute Gasteiger partial charge is 0.497 e. The number of aromatic nitrogens is 2. The predicted octanol–water partition coefficient (Wildman–Crippen LogP) is 4.52. The molecule has 4 aromatic rings. The van der Waals surface area contributed by atoms with Crippen molar-refractivity contribution in [1.29, 1.82) is 0 Å². The lowest BCUT2D eigenvalue weighted by Gasteiger charge is -2.36. The van der Waals surface area contributed by atoms with E-state index in [1.165, 1.54) is 0 Å². The standard InChI is InChI=1S/C28H28N4O3/c1-34-24-12-6-8-21(18-24)27-26(20-32(29-27)22-9-4-3-5-10-22)28(33)31-16-14-30(15-17-31)23-11-7-13-25(19-23)35-2/h3-13,18-20H,14-17H2,1-2H3. The Morgan fingerprint density at radius 3 is 2.14 bits per heavy atom. The third-order valence-electron chi connectivity index (χ3n) is 6.29. The summed E-state index contributed by atoms with van der Waals surface area (Å²) in [5.41, 5.74) is 4.08. The van der Waals surface area contributed by atoms with Gasteiger partial charge in [-0.3, -0.25) is 4.79 Å². The summed E-state index contributed by atoms with van der Waals surface area (Å²) in [5, 5.41) is 4.81. The van der Waals surface area contributed by atoms with Gasteiger partial charge in [0.05, 0.1) is 25.5 Å². The van der Waals surface area contributed by atoms with Gasteiger partial charge in [-0.05, 0) is 36.4 Å². The van der Waals surface area contributed by atoms with E-state index in [0.29, 0.717) is 24.3 Å². The van der Waals surface area contributed by atoms with Crippen LogP contribution in [0.1, 0.15) is 10.4 Å². The van der Waals surface area contributed by atoms with Gasteiger partial charge in [-0.15, -0.1) is 0 Å². The van der Waals surface area contributed by atoms with Crippen molar-refractivity contribution >= 4 is 11.6 Å². The summed E-state index contributed by atoms with van der Waals surface area (Å²) in [6.45, 7) is 2.76. The van der Waals surface area contributed by atoms with Gasteiger partial charge in [0, 0.05) is 49.7 Å². The molecule has 1 saturated heterocycles. The Kier molecular flexibility index (Phi) is 6.39. The summed E-state index contributed by atoms with van der Waals surface area (Å²) in [6, 6.07) is 25.5. The van der Waals surface area contributed by atoms with Crippen molar-refractivity contribution in [2.45, 2.75) is 0 Å². The second-order valence-electron chi connectivity index (χ2n) is 8.38. The molecule has 7 nitrogen and oxygen atoms in total. The number of carbonyl (C=O) groups is 1. The maximum absolute atomic E-state index is 13.7. The van der Waals surface area contributed by atoms with Gasteiger partial charge in [-0.1, -0.05) is 36.4 Å². The molecule has 1 aliphatic heterocycles. The zero-order valence-electron chi connectivity index (χ0n) is 19.9. The molecule has 0 bridgehead atoms. The van der Waals surface area contributed by atoms with Gasteiger partial charge in [-0.2, -0.15) is 5.10 Å². The molecule has 1 amide bonds. The van der Waals surface area contributed by atoms with Crippen LogP contribution in [-0.2, 0) is 0 Å². The van der Waals surface area contributed by atoms with Crippen LogP contribution < -0.4 is 14.4 Å². The van der Waals surface area contributed by atoms with Gasteiger partial charge in [-0.25, -0.2) is 4.68 Å². The molecule has 1 aromatic heterocycles. The first-order valence-corrected chi connectivity index (χ1v) is 11.6. The van der Waals surface area contributed by atoms with Gasteiger partial charge in [0.15, 0.2) is 0 Å². The highest BCUT2D eigenvalue weighted by atomic mass is 16.5. The Balaban J connectivity index is 1.42. The number of methoxy groups -OCH3 is 2. The molecule has 0 unspecified atom stereocenters. The van der Waals surface area contributed by atoms with Crippen LogP contribution in [-0.4, -0.2) is 61.0 Å². The molecule has 7 heteroatoms.